The van der Waals surface area contributed by atoms with Crippen LogP contribution in [0.15, 0.2) is 72.8 Å². The number of hydrogen-bond acceptors (Lipinski definition) is 30. The van der Waals surface area contributed by atoms with E-state index in [-0.39, 0.29) is 26.4 Å². The molecule has 528 valence electrons. The molecule has 0 saturated carbocycles. The van der Waals surface area contributed by atoms with E-state index in [9.17, 15) is 47.9 Å². The zero-order valence-corrected chi connectivity index (χ0v) is 54.5. The number of nitrogens with one attached hydrogen (secondary N) is 2. The van der Waals surface area contributed by atoms with Gasteiger partial charge in [-0.05, 0) is 25.7 Å². The van der Waals surface area contributed by atoms with Crippen molar-refractivity contribution < 1.29 is 143 Å². The molecule has 2 N–H and O–H groups in total. The normalized spacial score (nSPS) is 33.3. The van der Waals surface area contributed by atoms with Crippen LogP contribution in [0.4, 0.5) is 0 Å². The third-order valence-electron chi connectivity index (χ3n) is 15.6. The number of allylic oxidation sites excluding steroid dienone is 2. The average Bonchev–Trinajstić information content (AvgIpc) is 0.767. The standard InChI is InChI=1S/C64H82N2O30/c1-31(67)65-43-47(93-63-55(87-37(7)73)51(85-35(5)71)49(83-33(3)69)53(95-63)57(75)77-9)45-41(29-81-59(91-45)39-23-17-15-18-24-39)89-61(43)79-27-21-13-11-12-14-22-28-80-62-44(66-32(2)68)48(46-42(90-62)30-82-60(92-46)40-25-19-16-20-26-40)94-64-56(88-38(8)74)52(86-36(6)72)50(84-34(4)70)54(96-64)58(76)78-10/h11-12,15-20,23-26,41-56,59-64H,13-14,21-22,27-30H2,1-10H3,(H,65,67)(H,66,68)/b12-11+/t41-,42-,43-,44-,45-,46-,47-,48-,49+,50+,51+,52+,53+,54+,55-,56-,59?,60?,61-,62-,63-,64-/m1/s1. The van der Waals surface area contributed by atoms with E-state index in [0.29, 0.717) is 36.8 Å². The number of esters is 8. The third kappa shape index (κ3) is 19.6. The van der Waals surface area contributed by atoms with E-state index in [1.165, 1.54) is 13.8 Å². The summed E-state index contributed by atoms with van der Waals surface area (Å²) in [5.41, 5.74) is 1.24. The fraction of sp³-hybridized carbons (Fsp3) is 0.625. The van der Waals surface area contributed by atoms with Crippen LogP contribution in [0.1, 0.15) is 105 Å². The summed E-state index contributed by atoms with van der Waals surface area (Å²) in [5, 5.41) is 5.68. The number of carbonyl (C=O) groups excluding carboxylic acids is 10. The second-order valence-corrected chi connectivity index (χ2v) is 22.9. The molecule has 0 spiro atoms. The van der Waals surface area contributed by atoms with Crippen molar-refractivity contribution in [3.05, 3.63) is 83.9 Å². The number of hydrogen-bond donors (Lipinski definition) is 2. The van der Waals surface area contributed by atoms with Crippen LogP contribution in [-0.2, 0) is 143 Å². The van der Waals surface area contributed by atoms with Gasteiger partial charge in [0, 0.05) is 66.5 Å². The predicted molar refractivity (Wildman–Crippen MR) is 316 cm³/mol. The molecule has 6 aliphatic rings. The van der Waals surface area contributed by atoms with E-state index in [1.54, 1.807) is 60.7 Å². The largest absolute Gasteiger partial charge is 0.467 e. The van der Waals surface area contributed by atoms with Crippen LogP contribution >= 0.6 is 0 Å². The second-order valence-electron chi connectivity index (χ2n) is 22.9. The van der Waals surface area contributed by atoms with Gasteiger partial charge in [-0.1, -0.05) is 72.8 Å². The van der Waals surface area contributed by atoms with E-state index >= 15 is 0 Å². The lowest BCUT2D eigenvalue weighted by Gasteiger charge is -2.51. The van der Waals surface area contributed by atoms with Gasteiger partial charge in [0.05, 0.1) is 40.6 Å². The molecule has 2 unspecified atom stereocenters. The fourth-order valence-corrected chi connectivity index (χ4v) is 11.8. The summed E-state index contributed by atoms with van der Waals surface area (Å²) in [7, 11) is 2.09. The van der Waals surface area contributed by atoms with Crippen LogP contribution in [0.2, 0.25) is 0 Å². The highest BCUT2D eigenvalue weighted by molar-refractivity contribution is 5.78. The van der Waals surface area contributed by atoms with Crippen molar-refractivity contribution in [2.45, 2.75) is 216 Å². The number of carbonyl (C=O) groups is 10. The van der Waals surface area contributed by atoms with E-state index in [0.717, 1.165) is 55.8 Å². The monoisotopic (exact) mass is 1360 g/mol. The number of benzene rings is 2. The molecule has 6 saturated heterocycles. The summed E-state index contributed by atoms with van der Waals surface area (Å²) >= 11 is 0. The molecule has 2 amide bonds. The Bertz CT molecular complexity index is 2830. The lowest BCUT2D eigenvalue weighted by atomic mass is 9.94. The maximum absolute atomic E-state index is 13.4. The molecule has 6 fully saturated rings. The zero-order chi connectivity index (χ0) is 69.3. The number of rotatable bonds is 26. The molecular weight excluding hydrogens is 1280 g/mol. The summed E-state index contributed by atoms with van der Waals surface area (Å²) in [4.78, 5) is 129. The highest BCUT2D eigenvalue weighted by atomic mass is 16.8. The topological polar surface area (TPSA) is 379 Å². The zero-order valence-electron chi connectivity index (χ0n) is 54.5. The van der Waals surface area contributed by atoms with Gasteiger partial charge < -0.3 is 105 Å². The van der Waals surface area contributed by atoms with Gasteiger partial charge in [0.25, 0.3) is 0 Å². The summed E-state index contributed by atoms with van der Waals surface area (Å²) in [6.07, 6.45) is -23.1. The molecule has 6 aliphatic heterocycles. The first kappa shape index (κ1) is 74.2. The van der Waals surface area contributed by atoms with Crippen LogP contribution in [0.5, 0.6) is 0 Å². The first-order valence-electron chi connectivity index (χ1n) is 31.1. The minimum atomic E-state index is -1.81. The summed E-state index contributed by atoms with van der Waals surface area (Å²) in [5.74, 6) is -8.68. The van der Waals surface area contributed by atoms with Gasteiger partial charge in [-0.25, -0.2) is 9.59 Å². The maximum atomic E-state index is 13.4. The highest BCUT2D eigenvalue weighted by Gasteiger charge is 2.61. The van der Waals surface area contributed by atoms with Gasteiger partial charge >= 0.3 is 47.8 Å². The van der Waals surface area contributed by atoms with Crippen LogP contribution in [0, 0.1) is 0 Å². The quantitative estimate of drug-likeness (QED) is 0.0588. The second kappa shape index (κ2) is 35.1. The molecule has 6 heterocycles. The number of amides is 2. The lowest BCUT2D eigenvalue weighted by Crippen LogP contribution is -2.70. The van der Waals surface area contributed by atoms with Gasteiger partial charge in [-0.2, -0.15) is 0 Å². The summed E-state index contributed by atoms with van der Waals surface area (Å²) < 4.78 is 120. The molecule has 0 aliphatic carbocycles. The Hall–Kier alpha value is -7.60. The molecule has 0 aromatic heterocycles. The number of methoxy groups -OCH3 is 2. The van der Waals surface area contributed by atoms with Crippen LogP contribution in [0.25, 0.3) is 0 Å². The lowest BCUT2D eigenvalue weighted by molar-refractivity contribution is -0.376. The van der Waals surface area contributed by atoms with Gasteiger partial charge in [-0.15, -0.1) is 0 Å². The summed E-state index contributed by atoms with van der Waals surface area (Å²) in [6.45, 7) is 8.74. The Morgan fingerprint density at radius 2 is 0.750 bits per heavy atom. The van der Waals surface area contributed by atoms with Gasteiger partial charge in [0.2, 0.25) is 11.8 Å². The van der Waals surface area contributed by atoms with Crippen LogP contribution in [-0.4, -0.2) is 223 Å². The fourth-order valence-electron chi connectivity index (χ4n) is 11.8. The molecule has 22 atom stereocenters. The van der Waals surface area contributed by atoms with Crippen molar-refractivity contribution >= 4 is 59.6 Å². The smallest absolute Gasteiger partial charge is 0.339 e. The molecule has 2 aromatic carbocycles. The Labute approximate surface area is 552 Å². The van der Waals surface area contributed by atoms with Crippen molar-refractivity contribution in [3.63, 3.8) is 0 Å². The SMILES string of the molecule is COC(=O)[C@H]1O[C@@H](O[C@@H]2[C@@H](NC(C)=O)[C@H](OCCC/C=C/CCCO[C@@H]3O[C@@H]4COC(c5ccccc5)O[C@H]4[C@H](O[C@@H]4O[C@H](C(=O)OC)[C@@H](OC(C)=O)[C@H](OC(C)=O)[C@H]4OC(C)=O)[C@H]3NC(C)=O)O[C@@H]3COC(c4ccccc4)O[C@@H]23)[C@H](OC(C)=O)[C@@H](OC(C)=O)[C@@H]1OC(C)=O. The number of ether oxygens (including phenoxy) is 20. The van der Waals surface area contributed by atoms with E-state index < -0.39 is 195 Å². The van der Waals surface area contributed by atoms with E-state index in [1.807, 2.05) is 12.2 Å². The Morgan fingerprint density at radius 1 is 0.417 bits per heavy atom. The summed E-state index contributed by atoms with van der Waals surface area (Å²) in [6, 6.07) is 15.4. The number of unbranched alkanes of at least 4 members (excludes halogenated alkanes) is 2. The Balaban J connectivity index is 0.961. The van der Waals surface area contributed by atoms with E-state index in [2.05, 4.69) is 10.6 Å². The van der Waals surface area contributed by atoms with Crippen molar-refractivity contribution in [2.24, 2.45) is 0 Å². The minimum Gasteiger partial charge on any atom is -0.467 e. The van der Waals surface area contributed by atoms with Crippen molar-refractivity contribution in [1.82, 2.24) is 10.6 Å². The molecule has 96 heavy (non-hydrogen) atoms. The molecule has 0 radical (unpaired) electrons. The first-order valence-corrected chi connectivity index (χ1v) is 31.1. The molecular formula is C64H82N2O30. The third-order valence-corrected chi connectivity index (χ3v) is 15.6. The highest BCUT2D eigenvalue weighted by Crippen LogP contribution is 2.42. The first-order chi connectivity index (χ1) is 45.9. The van der Waals surface area contributed by atoms with Gasteiger partial charge in [-0.3, -0.25) is 38.4 Å². The average molecular weight is 1360 g/mol. The van der Waals surface area contributed by atoms with Gasteiger partial charge in [0.15, 0.2) is 86.6 Å². The van der Waals surface area contributed by atoms with Crippen molar-refractivity contribution in [2.75, 3.05) is 40.6 Å². The van der Waals surface area contributed by atoms with Crippen molar-refractivity contribution in [1.29, 1.82) is 0 Å². The van der Waals surface area contributed by atoms with Crippen LogP contribution in [0.3, 0.4) is 0 Å². The van der Waals surface area contributed by atoms with Gasteiger partial charge in [0.1, 0.15) is 48.7 Å². The Kier molecular flexibility index (Phi) is 27.1. The number of fused-ring (bicyclic) bond motifs is 2. The van der Waals surface area contributed by atoms with Crippen LogP contribution < -0.4 is 10.6 Å². The minimum absolute atomic E-state index is 0.0498. The predicted octanol–water partition coefficient (Wildman–Crippen LogP) is 1.98. The molecule has 8 rings (SSSR count). The molecule has 32 nitrogen and oxygen atoms in total. The van der Waals surface area contributed by atoms with E-state index in [4.69, 9.17) is 94.7 Å². The molecule has 32 heteroatoms. The van der Waals surface area contributed by atoms with Crippen molar-refractivity contribution in [3.8, 4) is 0 Å². The molecule has 0 bridgehead atoms. The maximum Gasteiger partial charge on any atom is 0.339 e. The Morgan fingerprint density at radius 3 is 1.07 bits per heavy atom. The molecule has 2 aromatic rings.